The first kappa shape index (κ1) is 25.8. The van der Waals surface area contributed by atoms with E-state index in [1.165, 1.54) is 6.07 Å². The highest BCUT2D eigenvalue weighted by Gasteiger charge is 2.34. The number of nitrogens with zero attached hydrogens (tertiary/aromatic N) is 3. The van der Waals surface area contributed by atoms with Crippen LogP contribution in [0, 0.1) is 5.92 Å². The average Bonchev–Trinajstić information content (AvgIpc) is 3.33. The summed E-state index contributed by atoms with van der Waals surface area (Å²) in [5.74, 6) is 1.35. The van der Waals surface area contributed by atoms with E-state index in [0.29, 0.717) is 61.3 Å². The summed E-state index contributed by atoms with van der Waals surface area (Å²) < 4.78 is 55.2. The Balaban J connectivity index is 1.32. The zero-order valence-electron chi connectivity index (χ0n) is 19.6. The SMILES string of the molecule is COc1ccc(-c2noc(CN3CCC(C(=O)Nc4ccc(Cl)c(C(F)(F)F)c4)CC3)n2)cc1OC. The van der Waals surface area contributed by atoms with Crippen molar-refractivity contribution in [2.45, 2.75) is 25.6 Å². The Labute approximate surface area is 210 Å². The van der Waals surface area contributed by atoms with Crippen LogP contribution in [0.3, 0.4) is 0 Å². The number of ether oxygens (including phenoxy) is 2. The molecule has 1 aliphatic heterocycles. The second-order valence-corrected chi connectivity index (χ2v) is 8.72. The number of aromatic nitrogens is 2. The maximum Gasteiger partial charge on any atom is 0.417 e. The van der Waals surface area contributed by atoms with Gasteiger partial charge in [-0.3, -0.25) is 9.69 Å². The summed E-state index contributed by atoms with van der Waals surface area (Å²) in [7, 11) is 3.10. The van der Waals surface area contributed by atoms with Crippen molar-refractivity contribution in [3.05, 3.63) is 52.9 Å². The van der Waals surface area contributed by atoms with Gasteiger partial charge in [-0.15, -0.1) is 0 Å². The van der Waals surface area contributed by atoms with Gasteiger partial charge < -0.3 is 19.3 Å². The summed E-state index contributed by atoms with van der Waals surface area (Å²) in [5.41, 5.74) is -0.203. The van der Waals surface area contributed by atoms with E-state index in [1.54, 1.807) is 32.4 Å². The number of hydrogen-bond donors (Lipinski definition) is 1. The van der Waals surface area contributed by atoms with E-state index in [2.05, 4.69) is 20.4 Å². The van der Waals surface area contributed by atoms with Gasteiger partial charge in [0.25, 0.3) is 0 Å². The maximum absolute atomic E-state index is 13.1. The minimum absolute atomic E-state index is 0.0627. The standard InChI is InChI=1S/C24H24ClF3N4O4/c1-34-19-6-3-15(11-20(19)35-2)22-30-21(36-31-22)13-32-9-7-14(8-10-32)23(33)29-16-4-5-18(25)17(12-16)24(26,27)28/h3-6,11-12,14H,7-10,13H2,1-2H3,(H,29,33). The van der Waals surface area contributed by atoms with Gasteiger partial charge in [-0.05, 0) is 62.3 Å². The van der Waals surface area contributed by atoms with E-state index >= 15 is 0 Å². The van der Waals surface area contributed by atoms with Gasteiger partial charge >= 0.3 is 6.18 Å². The average molecular weight is 525 g/mol. The number of hydrogen-bond acceptors (Lipinski definition) is 7. The Kier molecular flexibility index (Phi) is 7.70. The van der Waals surface area contributed by atoms with Crippen LogP contribution in [-0.2, 0) is 17.5 Å². The van der Waals surface area contributed by atoms with Crippen molar-refractivity contribution >= 4 is 23.2 Å². The molecule has 8 nitrogen and oxygen atoms in total. The number of benzene rings is 2. The summed E-state index contributed by atoms with van der Waals surface area (Å²) in [4.78, 5) is 19.2. The fourth-order valence-corrected chi connectivity index (χ4v) is 4.25. The number of anilines is 1. The Bertz CT molecular complexity index is 1230. The Morgan fingerprint density at radius 1 is 1.14 bits per heavy atom. The van der Waals surface area contributed by atoms with Crippen molar-refractivity contribution in [2.75, 3.05) is 32.6 Å². The molecule has 1 fully saturated rings. The van der Waals surface area contributed by atoms with E-state index < -0.39 is 16.8 Å². The summed E-state index contributed by atoms with van der Waals surface area (Å²) in [6, 6.07) is 8.66. The number of nitrogens with one attached hydrogen (secondary N) is 1. The van der Waals surface area contributed by atoms with Crippen LogP contribution in [0.4, 0.5) is 18.9 Å². The Morgan fingerprint density at radius 2 is 1.86 bits per heavy atom. The first-order valence-electron chi connectivity index (χ1n) is 11.1. The first-order chi connectivity index (χ1) is 17.2. The van der Waals surface area contributed by atoms with Gasteiger partial charge in [0.2, 0.25) is 17.6 Å². The lowest BCUT2D eigenvalue weighted by Gasteiger charge is -2.30. The van der Waals surface area contributed by atoms with Crippen LogP contribution in [0.15, 0.2) is 40.9 Å². The lowest BCUT2D eigenvalue weighted by molar-refractivity contribution is -0.137. The molecule has 192 valence electrons. The third-order valence-electron chi connectivity index (χ3n) is 5.97. The Hall–Kier alpha value is -3.31. The number of amides is 1. The monoisotopic (exact) mass is 524 g/mol. The summed E-state index contributed by atoms with van der Waals surface area (Å²) in [5, 5.41) is 6.21. The molecule has 1 aliphatic rings. The lowest BCUT2D eigenvalue weighted by atomic mass is 9.95. The zero-order chi connectivity index (χ0) is 25.9. The molecule has 0 atom stereocenters. The molecule has 0 bridgehead atoms. The smallest absolute Gasteiger partial charge is 0.417 e. The van der Waals surface area contributed by atoms with E-state index in [4.69, 9.17) is 25.6 Å². The molecule has 2 aromatic carbocycles. The van der Waals surface area contributed by atoms with E-state index in [1.807, 2.05) is 0 Å². The molecule has 1 aromatic heterocycles. The number of carbonyl (C=O) groups is 1. The van der Waals surface area contributed by atoms with Crippen LogP contribution in [-0.4, -0.2) is 48.3 Å². The highest BCUT2D eigenvalue weighted by molar-refractivity contribution is 6.31. The molecule has 0 radical (unpaired) electrons. The summed E-state index contributed by atoms with van der Waals surface area (Å²) in [6.07, 6.45) is -3.51. The van der Waals surface area contributed by atoms with Crippen molar-refractivity contribution in [3.63, 3.8) is 0 Å². The minimum atomic E-state index is -4.60. The molecule has 0 aliphatic carbocycles. The molecule has 3 aromatic rings. The van der Waals surface area contributed by atoms with Crippen LogP contribution in [0.25, 0.3) is 11.4 Å². The third kappa shape index (κ3) is 5.90. The molecule has 1 N–H and O–H groups in total. The Morgan fingerprint density at radius 3 is 2.53 bits per heavy atom. The normalized spacial score (nSPS) is 15.1. The van der Waals surface area contributed by atoms with E-state index in [-0.39, 0.29) is 17.5 Å². The van der Waals surface area contributed by atoms with Crippen LogP contribution in [0.1, 0.15) is 24.3 Å². The predicted molar refractivity (Wildman–Crippen MR) is 126 cm³/mol. The fraction of sp³-hybridized carbons (Fsp3) is 0.375. The number of alkyl halides is 3. The summed E-state index contributed by atoms with van der Waals surface area (Å²) in [6.45, 7) is 1.61. The maximum atomic E-state index is 13.1. The fourth-order valence-electron chi connectivity index (χ4n) is 4.02. The highest BCUT2D eigenvalue weighted by atomic mass is 35.5. The van der Waals surface area contributed by atoms with Crippen LogP contribution in [0.2, 0.25) is 5.02 Å². The van der Waals surface area contributed by atoms with Crippen LogP contribution >= 0.6 is 11.6 Å². The van der Waals surface area contributed by atoms with E-state index in [0.717, 1.165) is 12.1 Å². The van der Waals surface area contributed by atoms with Gasteiger partial charge in [0, 0.05) is 17.2 Å². The van der Waals surface area contributed by atoms with Crippen molar-refractivity contribution in [1.82, 2.24) is 15.0 Å². The van der Waals surface area contributed by atoms with Gasteiger partial charge in [0.15, 0.2) is 11.5 Å². The van der Waals surface area contributed by atoms with E-state index in [9.17, 15) is 18.0 Å². The van der Waals surface area contributed by atoms with Gasteiger partial charge in [0.1, 0.15) is 0 Å². The molecular weight excluding hydrogens is 501 g/mol. The second-order valence-electron chi connectivity index (χ2n) is 8.31. The number of rotatable bonds is 7. The van der Waals surface area contributed by atoms with Crippen molar-refractivity contribution in [2.24, 2.45) is 5.92 Å². The zero-order valence-corrected chi connectivity index (χ0v) is 20.3. The van der Waals surface area contributed by atoms with Crippen LogP contribution < -0.4 is 14.8 Å². The van der Waals surface area contributed by atoms with Crippen molar-refractivity contribution in [1.29, 1.82) is 0 Å². The number of carbonyl (C=O) groups excluding carboxylic acids is 1. The number of methoxy groups -OCH3 is 2. The molecule has 12 heteroatoms. The van der Waals surface area contributed by atoms with Crippen molar-refractivity contribution < 1.29 is 32.0 Å². The molecule has 0 spiro atoms. The number of likely N-dealkylation sites (tertiary alicyclic amines) is 1. The minimum Gasteiger partial charge on any atom is -0.493 e. The third-order valence-corrected chi connectivity index (χ3v) is 6.30. The molecule has 0 unspecified atom stereocenters. The number of halogens is 4. The second kappa shape index (κ2) is 10.8. The largest absolute Gasteiger partial charge is 0.493 e. The molecule has 1 amide bonds. The first-order valence-corrected chi connectivity index (χ1v) is 11.5. The lowest BCUT2D eigenvalue weighted by Crippen LogP contribution is -2.37. The predicted octanol–water partition coefficient (Wildman–Crippen LogP) is 5.28. The van der Waals surface area contributed by atoms with Crippen LogP contribution in [0.5, 0.6) is 11.5 Å². The molecule has 2 heterocycles. The highest BCUT2D eigenvalue weighted by Crippen LogP contribution is 2.36. The van der Waals surface area contributed by atoms with Gasteiger partial charge in [0.05, 0.1) is 31.4 Å². The van der Waals surface area contributed by atoms with Gasteiger partial charge in [-0.25, -0.2) is 0 Å². The van der Waals surface area contributed by atoms with Crippen molar-refractivity contribution in [3.8, 4) is 22.9 Å². The topological polar surface area (TPSA) is 89.7 Å². The molecular formula is C24H24ClF3N4O4. The molecule has 36 heavy (non-hydrogen) atoms. The summed E-state index contributed by atoms with van der Waals surface area (Å²) >= 11 is 5.64. The van der Waals surface area contributed by atoms with Gasteiger partial charge in [-0.1, -0.05) is 16.8 Å². The molecule has 4 rings (SSSR count). The van der Waals surface area contributed by atoms with Gasteiger partial charge in [-0.2, -0.15) is 18.2 Å². The quantitative estimate of drug-likeness (QED) is 0.450. The molecule has 1 saturated heterocycles. The number of piperidine rings is 1. The molecule has 0 saturated carbocycles.